The molecule has 1 aliphatic rings. The van der Waals surface area contributed by atoms with E-state index in [0.29, 0.717) is 0 Å². The highest BCUT2D eigenvalue weighted by molar-refractivity contribution is 7.70. The van der Waals surface area contributed by atoms with Crippen molar-refractivity contribution in [2.45, 2.75) is 37.1 Å². The molecule has 1 saturated heterocycles. The second-order valence-corrected chi connectivity index (χ2v) is 8.75. The number of nitrogens with one attached hydrogen (secondary N) is 2. The normalized spacial score (nSPS) is 20.4. The first-order valence-corrected chi connectivity index (χ1v) is 9.60. The van der Waals surface area contributed by atoms with Crippen LogP contribution in [0.15, 0.2) is 0 Å². The molecule has 1 fully saturated rings. The zero-order valence-corrected chi connectivity index (χ0v) is 12.6. The van der Waals surface area contributed by atoms with Gasteiger partial charge in [0, 0.05) is 6.54 Å². The largest absolute Gasteiger partial charge is 0.355 e. The molecule has 20 heavy (non-hydrogen) atoms. The van der Waals surface area contributed by atoms with E-state index in [1.807, 2.05) is 0 Å². The fourth-order valence-electron chi connectivity index (χ4n) is 2.06. The molecule has 1 atom stereocenters. The fraction of sp³-hybridized carbons (Fsp3) is 0.889. The summed E-state index contributed by atoms with van der Waals surface area (Å²) >= 11 is 0. The SMILES string of the molecule is O=C(NCCCC(P(=O)(O)O)P(=O)(O)O)[C@@H]1CCCN1. The standard InChI is InChI=1S/C9H20N2O7P2/c12-9(7-3-1-5-10-7)11-6-2-4-8(19(13,14)15)20(16,17)18/h7-8,10H,1-6H2,(H,11,12)(H2,13,14,15)(H2,16,17,18)/t7-/m0/s1. The van der Waals surface area contributed by atoms with Crippen molar-refractivity contribution in [3.63, 3.8) is 0 Å². The second-order valence-electron chi connectivity index (χ2n) is 4.74. The Labute approximate surface area is 116 Å². The summed E-state index contributed by atoms with van der Waals surface area (Å²) in [7, 11) is -9.74. The van der Waals surface area contributed by atoms with Crippen molar-refractivity contribution in [3.8, 4) is 0 Å². The van der Waals surface area contributed by atoms with Crippen LogP contribution in [0.5, 0.6) is 0 Å². The van der Waals surface area contributed by atoms with Crippen LogP contribution >= 0.6 is 15.2 Å². The summed E-state index contributed by atoms with van der Waals surface area (Å²) in [5.74, 6) is -0.202. The molecule has 11 heteroatoms. The molecule has 0 aromatic rings. The third kappa shape index (κ3) is 5.61. The van der Waals surface area contributed by atoms with E-state index in [4.69, 9.17) is 19.6 Å². The van der Waals surface area contributed by atoms with Crippen LogP contribution in [0.2, 0.25) is 0 Å². The van der Waals surface area contributed by atoms with Gasteiger partial charge in [-0.3, -0.25) is 13.9 Å². The molecule has 6 N–H and O–H groups in total. The third-order valence-corrected chi connectivity index (χ3v) is 6.97. The zero-order valence-electron chi connectivity index (χ0n) is 10.8. The van der Waals surface area contributed by atoms with Crippen molar-refractivity contribution in [1.82, 2.24) is 10.6 Å². The molecular formula is C9H20N2O7P2. The molecule has 0 unspecified atom stereocenters. The summed E-state index contributed by atoms with van der Waals surface area (Å²) in [6, 6.07) is -0.255. The van der Waals surface area contributed by atoms with Gasteiger partial charge in [-0.15, -0.1) is 0 Å². The smallest absolute Gasteiger partial charge is 0.340 e. The van der Waals surface area contributed by atoms with Crippen molar-refractivity contribution in [3.05, 3.63) is 0 Å². The minimum atomic E-state index is -4.87. The van der Waals surface area contributed by atoms with Gasteiger partial charge in [0.25, 0.3) is 0 Å². The highest BCUT2D eigenvalue weighted by Gasteiger charge is 2.42. The van der Waals surface area contributed by atoms with Gasteiger partial charge in [0.1, 0.15) is 0 Å². The highest BCUT2D eigenvalue weighted by Crippen LogP contribution is 2.61. The van der Waals surface area contributed by atoms with Crippen molar-refractivity contribution < 1.29 is 33.5 Å². The van der Waals surface area contributed by atoms with Gasteiger partial charge in [-0.05, 0) is 32.2 Å². The maximum absolute atomic E-state index is 11.6. The first kappa shape index (κ1) is 17.8. The predicted molar refractivity (Wildman–Crippen MR) is 71.1 cm³/mol. The summed E-state index contributed by atoms with van der Waals surface area (Å²) in [5, 5.41) is 3.57. The van der Waals surface area contributed by atoms with E-state index in [0.717, 1.165) is 19.4 Å². The molecule has 0 aromatic heterocycles. The summed E-state index contributed by atoms with van der Waals surface area (Å²) in [6.07, 6.45) is 1.38. The molecule has 0 saturated carbocycles. The summed E-state index contributed by atoms with van der Waals surface area (Å²) in [6.45, 7) is 0.893. The van der Waals surface area contributed by atoms with E-state index in [1.165, 1.54) is 0 Å². The lowest BCUT2D eigenvalue weighted by molar-refractivity contribution is -0.122. The lowest BCUT2D eigenvalue weighted by atomic mass is 10.2. The average Bonchev–Trinajstić information content (AvgIpc) is 2.77. The van der Waals surface area contributed by atoms with E-state index in [2.05, 4.69) is 10.6 Å². The fourth-order valence-corrected chi connectivity index (χ4v) is 4.67. The van der Waals surface area contributed by atoms with Crippen molar-refractivity contribution >= 4 is 21.1 Å². The van der Waals surface area contributed by atoms with Gasteiger partial charge in [0.05, 0.1) is 6.04 Å². The maximum atomic E-state index is 11.6. The monoisotopic (exact) mass is 330 g/mol. The number of carbonyl (C=O) groups is 1. The topological polar surface area (TPSA) is 156 Å². The Kier molecular flexibility index (Phi) is 6.34. The average molecular weight is 330 g/mol. The van der Waals surface area contributed by atoms with Gasteiger partial charge in [0.15, 0.2) is 5.40 Å². The molecular weight excluding hydrogens is 310 g/mol. The van der Waals surface area contributed by atoms with Crippen LogP contribution in [0.3, 0.4) is 0 Å². The Bertz CT molecular complexity index is 404. The molecule has 1 aliphatic heterocycles. The predicted octanol–water partition coefficient (Wildman–Crippen LogP) is -0.684. The molecule has 1 amide bonds. The van der Waals surface area contributed by atoms with E-state index in [9.17, 15) is 13.9 Å². The second kappa shape index (κ2) is 7.13. The molecule has 0 aliphatic carbocycles. The lowest BCUT2D eigenvalue weighted by Crippen LogP contribution is -2.40. The Hall–Kier alpha value is -0.270. The summed E-state index contributed by atoms with van der Waals surface area (Å²) in [5.41, 5.74) is 0. The third-order valence-electron chi connectivity index (χ3n) is 3.09. The number of hydrogen-bond acceptors (Lipinski definition) is 4. The van der Waals surface area contributed by atoms with Crippen LogP contribution in [0.4, 0.5) is 0 Å². The minimum Gasteiger partial charge on any atom is -0.355 e. The van der Waals surface area contributed by atoms with Crippen molar-refractivity contribution in [2.75, 3.05) is 13.1 Å². The molecule has 0 aromatic carbocycles. The molecule has 9 nitrogen and oxygen atoms in total. The first-order chi connectivity index (χ1) is 9.12. The quantitative estimate of drug-likeness (QED) is 0.265. The first-order valence-electron chi connectivity index (χ1n) is 6.24. The van der Waals surface area contributed by atoms with Crippen LogP contribution < -0.4 is 10.6 Å². The Morgan fingerprint density at radius 2 is 1.85 bits per heavy atom. The Morgan fingerprint density at radius 3 is 2.30 bits per heavy atom. The number of amides is 1. The van der Waals surface area contributed by atoms with Crippen LogP contribution in [-0.4, -0.2) is 50.0 Å². The Balaban J connectivity index is 2.36. The van der Waals surface area contributed by atoms with Crippen LogP contribution in [-0.2, 0) is 13.9 Å². The van der Waals surface area contributed by atoms with Gasteiger partial charge in [-0.1, -0.05) is 0 Å². The molecule has 0 radical (unpaired) electrons. The number of hydrogen-bond donors (Lipinski definition) is 6. The van der Waals surface area contributed by atoms with E-state index >= 15 is 0 Å². The van der Waals surface area contributed by atoms with Gasteiger partial charge in [-0.25, -0.2) is 0 Å². The minimum absolute atomic E-state index is 0.0827. The van der Waals surface area contributed by atoms with Gasteiger partial charge in [0.2, 0.25) is 5.91 Å². The molecule has 118 valence electrons. The molecule has 0 bridgehead atoms. The van der Waals surface area contributed by atoms with Crippen LogP contribution in [0, 0.1) is 0 Å². The molecule has 1 rings (SSSR count). The van der Waals surface area contributed by atoms with E-state index in [-0.39, 0.29) is 31.3 Å². The summed E-state index contributed by atoms with van der Waals surface area (Å²) < 4.78 is 22.0. The Morgan fingerprint density at radius 1 is 1.25 bits per heavy atom. The van der Waals surface area contributed by atoms with Gasteiger partial charge in [-0.2, -0.15) is 0 Å². The number of rotatable bonds is 7. The molecule has 0 spiro atoms. The van der Waals surface area contributed by atoms with E-state index < -0.39 is 20.6 Å². The zero-order chi connectivity index (χ0) is 15.4. The summed E-state index contributed by atoms with van der Waals surface area (Å²) in [4.78, 5) is 47.3. The number of carbonyl (C=O) groups excluding carboxylic acids is 1. The lowest BCUT2D eigenvalue weighted by Gasteiger charge is -2.19. The van der Waals surface area contributed by atoms with Crippen LogP contribution in [0.1, 0.15) is 25.7 Å². The van der Waals surface area contributed by atoms with Crippen molar-refractivity contribution in [2.24, 2.45) is 0 Å². The van der Waals surface area contributed by atoms with Gasteiger partial charge >= 0.3 is 15.2 Å². The molecule has 1 heterocycles. The van der Waals surface area contributed by atoms with E-state index in [1.54, 1.807) is 0 Å². The van der Waals surface area contributed by atoms with Gasteiger partial charge < -0.3 is 30.2 Å². The van der Waals surface area contributed by atoms with Crippen LogP contribution in [0.25, 0.3) is 0 Å². The highest BCUT2D eigenvalue weighted by atomic mass is 31.2. The van der Waals surface area contributed by atoms with Crippen molar-refractivity contribution in [1.29, 1.82) is 0 Å². The maximum Gasteiger partial charge on any atom is 0.340 e.